The van der Waals surface area contributed by atoms with Gasteiger partial charge in [0.05, 0.1) is 20.6 Å². The summed E-state index contributed by atoms with van der Waals surface area (Å²) in [7, 11) is 0. The lowest BCUT2D eigenvalue weighted by atomic mass is 10.3. The second-order valence-electron chi connectivity index (χ2n) is 3.46. The molecule has 98 valence electrons. The lowest BCUT2D eigenvalue weighted by molar-refractivity contribution is 0.0696. The van der Waals surface area contributed by atoms with Gasteiger partial charge in [-0.3, -0.25) is 0 Å². The van der Waals surface area contributed by atoms with Gasteiger partial charge in [0.1, 0.15) is 5.03 Å². The van der Waals surface area contributed by atoms with Crippen molar-refractivity contribution in [2.45, 2.75) is 9.92 Å². The average Bonchev–Trinajstić information content (AvgIpc) is 2.36. The molecule has 3 nitrogen and oxygen atoms in total. The smallest absolute Gasteiger partial charge is 0.337 e. The van der Waals surface area contributed by atoms with Gasteiger partial charge >= 0.3 is 5.97 Å². The topological polar surface area (TPSA) is 50.2 Å². The predicted octanol–water partition coefficient (Wildman–Crippen LogP) is 4.89. The first-order valence-electron chi connectivity index (χ1n) is 4.99. The molecular weight excluding hydrogens is 329 g/mol. The van der Waals surface area contributed by atoms with Crippen LogP contribution in [0.3, 0.4) is 0 Å². The molecule has 0 bridgehead atoms. The van der Waals surface area contributed by atoms with Crippen molar-refractivity contribution in [2.24, 2.45) is 0 Å². The molecule has 0 radical (unpaired) electrons. The maximum Gasteiger partial charge on any atom is 0.337 e. The third-order valence-corrected chi connectivity index (χ3v) is 4.42. The highest BCUT2D eigenvalue weighted by Gasteiger charge is 2.14. The molecule has 2 aromatic rings. The van der Waals surface area contributed by atoms with Crippen LogP contribution in [0.2, 0.25) is 15.1 Å². The highest BCUT2D eigenvalue weighted by Crippen LogP contribution is 2.35. The van der Waals surface area contributed by atoms with Crippen LogP contribution in [0, 0.1) is 0 Å². The quantitative estimate of drug-likeness (QED) is 0.868. The van der Waals surface area contributed by atoms with Gasteiger partial charge in [0, 0.05) is 11.1 Å². The van der Waals surface area contributed by atoms with Gasteiger partial charge in [0.25, 0.3) is 0 Å². The Labute approximate surface area is 128 Å². The number of rotatable bonds is 3. The number of halogens is 3. The van der Waals surface area contributed by atoms with Gasteiger partial charge < -0.3 is 5.11 Å². The maximum absolute atomic E-state index is 11.0. The second kappa shape index (κ2) is 6.01. The summed E-state index contributed by atoms with van der Waals surface area (Å²) in [6.07, 6.45) is 1.40. The van der Waals surface area contributed by atoms with Crippen molar-refractivity contribution in [3.63, 3.8) is 0 Å². The Morgan fingerprint density at radius 2 is 1.89 bits per heavy atom. The molecule has 0 spiro atoms. The summed E-state index contributed by atoms with van der Waals surface area (Å²) in [6, 6.07) is 6.43. The zero-order valence-corrected chi connectivity index (χ0v) is 12.3. The normalized spacial score (nSPS) is 10.5. The molecule has 1 aromatic heterocycles. The number of nitrogens with zero attached hydrogens (tertiary/aromatic N) is 1. The standard InChI is InChI=1S/C12H6Cl3NO2S/c13-8-2-1-6(5-9(8)14)19-11-10(15)7(12(17)18)3-4-16-11/h1-5H,(H,17,18). The monoisotopic (exact) mass is 333 g/mol. The molecule has 1 heterocycles. The van der Waals surface area contributed by atoms with E-state index >= 15 is 0 Å². The number of hydrogen-bond donors (Lipinski definition) is 1. The fourth-order valence-corrected chi connectivity index (χ4v) is 2.83. The van der Waals surface area contributed by atoms with E-state index in [4.69, 9.17) is 39.9 Å². The molecule has 1 aromatic carbocycles. The number of hydrogen-bond acceptors (Lipinski definition) is 3. The molecule has 0 unspecified atom stereocenters. The Morgan fingerprint density at radius 1 is 1.16 bits per heavy atom. The predicted molar refractivity (Wildman–Crippen MR) is 76.8 cm³/mol. The van der Waals surface area contributed by atoms with E-state index in [1.807, 2.05) is 0 Å². The summed E-state index contributed by atoms with van der Waals surface area (Å²) < 4.78 is 0. The number of carboxylic acids is 1. The lowest BCUT2D eigenvalue weighted by Crippen LogP contribution is -1.99. The third kappa shape index (κ3) is 3.34. The number of aromatic carboxylic acids is 1. The molecule has 1 N–H and O–H groups in total. The van der Waals surface area contributed by atoms with Crippen LogP contribution in [0.5, 0.6) is 0 Å². The van der Waals surface area contributed by atoms with Crippen LogP contribution >= 0.6 is 46.6 Å². The molecule has 0 aliphatic heterocycles. The van der Waals surface area contributed by atoms with Crippen molar-refractivity contribution in [1.82, 2.24) is 4.98 Å². The molecule has 0 amide bonds. The van der Waals surface area contributed by atoms with Crippen molar-refractivity contribution >= 4 is 52.5 Å². The maximum atomic E-state index is 11.0. The summed E-state index contributed by atoms with van der Waals surface area (Å²) in [5.41, 5.74) is 0.0132. The van der Waals surface area contributed by atoms with Crippen LogP contribution in [-0.2, 0) is 0 Å². The molecule has 19 heavy (non-hydrogen) atoms. The van der Waals surface area contributed by atoms with Crippen molar-refractivity contribution < 1.29 is 9.90 Å². The van der Waals surface area contributed by atoms with E-state index in [-0.39, 0.29) is 10.6 Å². The Morgan fingerprint density at radius 3 is 2.53 bits per heavy atom. The average molecular weight is 335 g/mol. The minimum absolute atomic E-state index is 0.0132. The Bertz CT molecular complexity index is 649. The van der Waals surface area contributed by atoms with Gasteiger partial charge in [-0.05, 0) is 24.3 Å². The van der Waals surface area contributed by atoms with Gasteiger partial charge in [-0.25, -0.2) is 9.78 Å². The van der Waals surface area contributed by atoms with Crippen molar-refractivity contribution in [3.8, 4) is 0 Å². The number of pyridine rings is 1. The van der Waals surface area contributed by atoms with E-state index in [0.29, 0.717) is 15.1 Å². The third-order valence-electron chi connectivity index (χ3n) is 2.19. The highest BCUT2D eigenvalue weighted by molar-refractivity contribution is 7.99. The van der Waals surface area contributed by atoms with E-state index < -0.39 is 5.97 Å². The van der Waals surface area contributed by atoms with Gasteiger partial charge in [-0.2, -0.15) is 0 Å². The Kier molecular flexibility index (Phi) is 4.58. The molecule has 0 aliphatic rings. The van der Waals surface area contributed by atoms with Gasteiger partial charge in [0.15, 0.2) is 0 Å². The van der Waals surface area contributed by atoms with Crippen LogP contribution in [0.25, 0.3) is 0 Å². The fraction of sp³-hybridized carbons (Fsp3) is 0. The van der Waals surface area contributed by atoms with E-state index in [9.17, 15) is 4.79 Å². The summed E-state index contributed by atoms with van der Waals surface area (Å²) in [4.78, 5) is 15.8. The Balaban J connectivity index is 2.35. The van der Waals surface area contributed by atoms with E-state index in [1.165, 1.54) is 24.0 Å². The van der Waals surface area contributed by atoms with Gasteiger partial charge in [-0.1, -0.05) is 46.6 Å². The second-order valence-corrected chi connectivity index (χ2v) is 5.72. The van der Waals surface area contributed by atoms with Crippen molar-refractivity contribution in [2.75, 3.05) is 0 Å². The van der Waals surface area contributed by atoms with Crippen molar-refractivity contribution in [3.05, 3.63) is 51.1 Å². The molecular formula is C12H6Cl3NO2S. The minimum Gasteiger partial charge on any atom is -0.478 e. The molecule has 0 aliphatic carbocycles. The van der Waals surface area contributed by atoms with Crippen molar-refractivity contribution in [1.29, 1.82) is 0 Å². The SMILES string of the molecule is O=C(O)c1ccnc(Sc2ccc(Cl)c(Cl)c2)c1Cl. The summed E-state index contributed by atoms with van der Waals surface area (Å²) in [5.74, 6) is -1.09. The highest BCUT2D eigenvalue weighted by atomic mass is 35.5. The van der Waals surface area contributed by atoms with Crippen LogP contribution in [0.1, 0.15) is 10.4 Å². The molecule has 0 saturated carbocycles. The number of carboxylic acid groups (broad SMARTS) is 1. The summed E-state index contributed by atoms with van der Waals surface area (Å²) in [5, 5.41) is 10.3. The summed E-state index contributed by atoms with van der Waals surface area (Å²) in [6.45, 7) is 0. The van der Waals surface area contributed by atoms with Crippen LogP contribution in [-0.4, -0.2) is 16.1 Å². The zero-order chi connectivity index (χ0) is 14.0. The Hall–Kier alpha value is -0.940. The first kappa shape index (κ1) is 14.5. The molecule has 0 atom stereocenters. The van der Waals surface area contributed by atoms with Gasteiger partial charge in [-0.15, -0.1) is 0 Å². The molecule has 0 saturated heterocycles. The summed E-state index contributed by atoms with van der Waals surface area (Å²) >= 11 is 19.0. The lowest BCUT2D eigenvalue weighted by Gasteiger charge is -2.06. The molecule has 2 rings (SSSR count). The zero-order valence-electron chi connectivity index (χ0n) is 9.23. The largest absolute Gasteiger partial charge is 0.478 e. The van der Waals surface area contributed by atoms with E-state index in [0.717, 1.165) is 4.90 Å². The van der Waals surface area contributed by atoms with Crippen LogP contribution < -0.4 is 0 Å². The van der Waals surface area contributed by atoms with Crippen LogP contribution in [0.4, 0.5) is 0 Å². The van der Waals surface area contributed by atoms with E-state index in [1.54, 1.807) is 18.2 Å². The fourth-order valence-electron chi connectivity index (χ4n) is 1.31. The number of aromatic nitrogens is 1. The number of benzene rings is 1. The van der Waals surface area contributed by atoms with Crippen LogP contribution in [0.15, 0.2) is 40.4 Å². The first-order chi connectivity index (χ1) is 8.99. The van der Waals surface area contributed by atoms with Gasteiger partial charge in [0.2, 0.25) is 0 Å². The van der Waals surface area contributed by atoms with E-state index in [2.05, 4.69) is 4.98 Å². The first-order valence-corrected chi connectivity index (χ1v) is 6.95. The molecule has 7 heteroatoms. The number of carbonyl (C=O) groups is 1. The molecule has 0 fully saturated rings. The minimum atomic E-state index is -1.09.